The van der Waals surface area contributed by atoms with Crippen LogP contribution in [0.25, 0.3) is 10.8 Å². The molecule has 0 aliphatic heterocycles. The molecule has 0 saturated carbocycles. The number of fused-ring (bicyclic) bond motifs is 1. The second-order valence-electron chi connectivity index (χ2n) is 6.42. The van der Waals surface area contributed by atoms with Gasteiger partial charge < -0.3 is 4.74 Å². The van der Waals surface area contributed by atoms with Crippen molar-refractivity contribution in [3.8, 4) is 5.75 Å². The Balaban J connectivity index is 1.40. The van der Waals surface area contributed by atoms with Crippen molar-refractivity contribution >= 4 is 34.5 Å². The number of aromatic nitrogens is 2. The molecule has 0 bridgehead atoms. The van der Waals surface area contributed by atoms with Crippen molar-refractivity contribution in [2.45, 2.75) is 0 Å². The predicted molar refractivity (Wildman–Crippen MR) is 115 cm³/mol. The van der Waals surface area contributed by atoms with Crippen LogP contribution in [-0.4, -0.2) is 27.3 Å². The van der Waals surface area contributed by atoms with Gasteiger partial charge in [0.25, 0.3) is 5.69 Å². The van der Waals surface area contributed by atoms with Gasteiger partial charge in [0.1, 0.15) is 5.75 Å². The molecule has 1 heterocycles. The quantitative estimate of drug-likeness (QED) is 0.165. The van der Waals surface area contributed by atoms with Crippen LogP contribution in [0.15, 0.2) is 84.1 Å². The molecule has 0 amide bonds. The number of rotatable bonds is 6. The van der Waals surface area contributed by atoms with Crippen LogP contribution >= 0.6 is 0 Å². The molecular formula is C22H15N5O4. The largest absolute Gasteiger partial charge is 0.423 e. The van der Waals surface area contributed by atoms with Crippen molar-refractivity contribution in [1.29, 1.82) is 0 Å². The van der Waals surface area contributed by atoms with Crippen LogP contribution in [0.1, 0.15) is 15.9 Å². The van der Waals surface area contributed by atoms with Crippen molar-refractivity contribution in [3.63, 3.8) is 0 Å². The minimum Gasteiger partial charge on any atom is -0.423 e. The van der Waals surface area contributed by atoms with Crippen LogP contribution in [0, 0.1) is 10.1 Å². The van der Waals surface area contributed by atoms with E-state index in [0.29, 0.717) is 11.6 Å². The van der Waals surface area contributed by atoms with Gasteiger partial charge in [0.2, 0.25) is 0 Å². The monoisotopic (exact) mass is 413 g/mol. The van der Waals surface area contributed by atoms with Gasteiger partial charge in [-0.1, -0.05) is 30.3 Å². The Bertz CT molecular complexity index is 1280. The molecule has 0 radical (unpaired) electrons. The number of benzene rings is 3. The number of nitro benzene ring substituents is 1. The van der Waals surface area contributed by atoms with Crippen molar-refractivity contribution in [2.75, 3.05) is 5.43 Å². The highest BCUT2D eigenvalue weighted by molar-refractivity contribution is 5.92. The van der Waals surface area contributed by atoms with Gasteiger partial charge in [-0.3, -0.25) is 15.5 Å². The molecule has 4 rings (SSSR count). The minimum atomic E-state index is -0.679. The predicted octanol–water partition coefficient (Wildman–Crippen LogP) is 4.20. The minimum absolute atomic E-state index is 0.0974. The van der Waals surface area contributed by atoms with E-state index in [1.807, 2.05) is 24.3 Å². The summed E-state index contributed by atoms with van der Waals surface area (Å²) in [5.41, 5.74) is 3.56. The zero-order valence-corrected chi connectivity index (χ0v) is 16.0. The fourth-order valence-corrected chi connectivity index (χ4v) is 2.81. The molecule has 9 heteroatoms. The third-order valence-corrected chi connectivity index (χ3v) is 4.34. The SMILES string of the molecule is O=C(Oc1ccc(/C=N/Nc2nncc3ccccc23)cc1)c1cccc([N+](=O)[O-])c1. The highest BCUT2D eigenvalue weighted by Gasteiger charge is 2.13. The fourth-order valence-electron chi connectivity index (χ4n) is 2.81. The van der Waals surface area contributed by atoms with E-state index in [0.717, 1.165) is 16.3 Å². The maximum Gasteiger partial charge on any atom is 0.343 e. The molecule has 3 aromatic carbocycles. The first kappa shape index (κ1) is 19.6. The molecule has 0 aliphatic rings. The summed E-state index contributed by atoms with van der Waals surface area (Å²) in [6.07, 6.45) is 3.27. The molecule has 0 aliphatic carbocycles. The van der Waals surface area contributed by atoms with Crippen molar-refractivity contribution < 1.29 is 14.5 Å². The van der Waals surface area contributed by atoms with Gasteiger partial charge in [-0.2, -0.15) is 10.2 Å². The van der Waals surface area contributed by atoms with E-state index in [9.17, 15) is 14.9 Å². The number of non-ortho nitro benzene ring substituents is 1. The van der Waals surface area contributed by atoms with E-state index >= 15 is 0 Å². The number of anilines is 1. The number of hydrazone groups is 1. The number of carbonyl (C=O) groups is 1. The molecule has 0 unspecified atom stereocenters. The Hall–Kier alpha value is -4.66. The van der Waals surface area contributed by atoms with E-state index in [1.54, 1.807) is 36.7 Å². The number of hydrogen-bond acceptors (Lipinski definition) is 8. The molecule has 1 aromatic heterocycles. The Morgan fingerprint density at radius 3 is 2.68 bits per heavy atom. The first-order valence-corrected chi connectivity index (χ1v) is 9.16. The average molecular weight is 413 g/mol. The highest BCUT2D eigenvalue weighted by atomic mass is 16.6. The number of nitro groups is 1. The third kappa shape index (κ3) is 4.67. The van der Waals surface area contributed by atoms with E-state index in [2.05, 4.69) is 20.7 Å². The number of hydrogen-bond donors (Lipinski definition) is 1. The number of esters is 1. The zero-order valence-electron chi connectivity index (χ0n) is 16.0. The van der Waals surface area contributed by atoms with Crippen LogP contribution in [0.5, 0.6) is 5.75 Å². The molecule has 0 atom stereocenters. The lowest BCUT2D eigenvalue weighted by molar-refractivity contribution is -0.384. The van der Waals surface area contributed by atoms with E-state index in [-0.39, 0.29) is 11.3 Å². The van der Waals surface area contributed by atoms with Crippen LogP contribution < -0.4 is 10.2 Å². The first-order chi connectivity index (χ1) is 15.1. The number of carbonyl (C=O) groups excluding carboxylic acids is 1. The van der Waals surface area contributed by atoms with E-state index < -0.39 is 10.9 Å². The topological polar surface area (TPSA) is 120 Å². The third-order valence-electron chi connectivity index (χ3n) is 4.34. The lowest BCUT2D eigenvalue weighted by atomic mass is 10.2. The fraction of sp³-hybridized carbons (Fsp3) is 0. The molecule has 0 fully saturated rings. The summed E-state index contributed by atoms with van der Waals surface area (Å²) in [6.45, 7) is 0. The molecule has 9 nitrogen and oxygen atoms in total. The number of ether oxygens (including phenoxy) is 1. The van der Waals surface area contributed by atoms with Crippen LogP contribution in [0.4, 0.5) is 11.5 Å². The van der Waals surface area contributed by atoms with Gasteiger partial charge in [0.05, 0.1) is 22.9 Å². The lowest BCUT2D eigenvalue weighted by Gasteiger charge is -2.05. The molecular weight excluding hydrogens is 398 g/mol. The molecule has 1 N–H and O–H groups in total. The lowest BCUT2D eigenvalue weighted by Crippen LogP contribution is -2.08. The number of nitrogens with one attached hydrogen (secondary N) is 1. The van der Waals surface area contributed by atoms with Crippen LogP contribution in [0.2, 0.25) is 0 Å². The summed E-state index contributed by atoms with van der Waals surface area (Å²) in [5, 5.41) is 24.9. The first-order valence-electron chi connectivity index (χ1n) is 9.16. The Morgan fingerprint density at radius 1 is 1.06 bits per heavy atom. The maximum atomic E-state index is 12.2. The van der Waals surface area contributed by atoms with Gasteiger partial charge in [-0.25, -0.2) is 4.79 Å². The summed E-state index contributed by atoms with van der Waals surface area (Å²) in [6, 6.07) is 19.7. The molecule has 0 saturated heterocycles. The second-order valence-corrected chi connectivity index (χ2v) is 6.42. The van der Waals surface area contributed by atoms with Gasteiger partial charge in [-0.15, -0.1) is 5.10 Å². The summed E-state index contributed by atoms with van der Waals surface area (Å²) in [7, 11) is 0. The molecule has 31 heavy (non-hydrogen) atoms. The standard InChI is InChI=1S/C22H15N5O4/c28-22(16-5-3-6-18(12-16)27(29)30)31-19-10-8-15(9-11-19)13-23-25-21-20-7-2-1-4-17(20)14-24-26-21/h1-14H,(H,25,26)/b23-13+. The van der Waals surface area contributed by atoms with Crippen molar-refractivity contribution in [1.82, 2.24) is 10.2 Å². The highest BCUT2D eigenvalue weighted by Crippen LogP contribution is 2.19. The van der Waals surface area contributed by atoms with Gasteiger partial charge in [-0.05, 0) is 35.9 Å². The molecule has 0 spiro atoms. The zero-order chi connectivity index (χ0) is 21.6. The Labute approximate surface area is 176 Å². The normalized spacial score (nSPS) is 10.8. The molecule has 4 aromatic rings. The van der Waals surface area contributed by atoms with Gasteiger partial charge >= 0.3 is 5.97 Å². The average Bonchev–Trinajstić information content (AvgIpc) is 2.80. The Kier molecular flexibility index (Phi) is 5.57. The maximum absolute atomic E-state index is 12.2. The summed E-state index contributed by atoms with van der Waals surface area (Å²) >= 11 is 0. The van der Waals surface area contributed by atoms with Gasteiger partial charge in [0.15, 0.2) is 5.82 Å². The van der Waals surface area contributed by atoms with E-state index in [4.69, 9.17) is 4.74 Å². The Morgan fingerprint density at radius 2 is 1.87 bits per heavy atom. The second kappa shape index (κ2) is 8.78. The van der Waals surface area contributed by atoms with E-state index in [1.165, 1.54) is 24.3 Å². The summed E-state index contributed by atoms with van der Waals surface area (Å²) in [5.74, 6) is 0.166. The van der Waals surface area contributed by atoms with Crippen LogP contribution in [-0.2, 0) is 0 Å². The summed E-state index contributed by atoms with van der Waals surface area (Å²) in [4.78, 5) is 22.5. The smallest absolute Gasteiger partial charge is 0.343 e. The summed E-state index contributed by atoms with van der Waals surface area (Å²) < 4.78 is 5.27. The van der Waals surface area contributed by atoms with Crippen molar-refractivity contribution in [3.05, 3.63) is 100 Å². The van der Waals surface area contributed by atoms with Gasteiger partial charge in [0, 0.05) is 22.9 Å². The number of nitrogens with zero attached hydrogens (tertiary/aromatic N) is 4. The van der Waals surface area contributed by atoms with Crippen LogP contribution in [0.3, 0.4) is 0 Å². The van der Waals surface area contributed by atoms with Crippen molar-refractivity contribution in [2.24, 2.45) is 5.10 Å². The molecule has 152 valence electrons.